The van der Waals surface area contributed by atoms with Crippen LogP contribution in [0.5, 0.6) is 0 Å². The van der Waals surface area contributed by atoms with Crippen molar-refractivity contribution >= 4 is 43.6 Å². The lowest BCUT2D eigenvalue weighted by Crippen LogP contribution is -1.95. The van der Waals surface area contributed by atoms with Gasteiger partial charge in [-0.25, -0.2) is 9.97 Å². The van der Waals surface area contributed by atoms with Crippen LogP contribution in [0, 0.1) is 0 Å². The molecule has 0 N–H and O–H groups in total. The van der Waals surface area contributed by atoms with Gasteiger partial charge in [-0.2, -0.15) is 0 Å². The zero-order chi connectivity index (χ0) is 29.7. The molecule has 0 spiro atoms. The highest BCUT2D eigenvalue weighted by molar-refractivity contribution is 6.15. The molecule has 0 radical (unpaired) electrons. The van der Waals surface area contributed by atoms with Crippen molar-refractivity contribution in [1.29, 1.82) is 0 Å². The first-order chi connectivity index (χ1) is 22.3. The van der Waals surface area contributed by atoms with E-state index in [9.17, 15) is 0 Å². The molecule has 2 aromatic heterocycles. The number of aromatic nitrogens is 2. The van der Waals surface area contributed by atoms with Gasteiger partial charge in [0.15, 0.2) is 5.82 Å². The molecule has 0 saturated heterocycles. The second kappa shape index (κ2) is 10.3. The lowest BCUT2D eigenvalue weighted by Gasteiger charge is -2.11. The number of furan rings is 1. The highest BCUT2D eigenvalue weighted by atomic mass is 16.3. The molecule has 0 atom stereocenters. The standard InChI is InChI=1S/C42H26N2O/c1-2-9-27(10-3-1)30-11-8-12-31(25-30)28-17-19-29(20-18-28)42-43-38-15-6-4-14-37(38)40(44-42)33-22-23-34-32(26-33)21-24-36-35-13-5-7-16-39(35)45-41(34)36/h1-26H. The summed E-state index contributed by atoms with van der Waals surface area (Å²) in [5.41, 5.74) is 10.4. The maximum atomic E-state index is 6.30. The van der Waals surface area contributed by atoms with E-state index in [-0.39, 0.29) is 0 Å². The summed E-state index contributed by atoms with van der Waals surface area (Å²) < 4.78 is 6.30. The van der Waals surface area contributed by atoms with Gasteiger partial charge < -0.3 is 4.42 Å². The van der Waals surface area contributed by atoms with Crippen molar-refractivity contribution in [2.45, 2.75) is 0 Å². The maximum Gasteiger partial charge on any atom is 0.160 e. The summed E-state index contributed by atoms with van der Waals surface area (Å²) >= 11 is 0. The Morgan fingerprint density at radius 1 is 0.378 bits per heavy atom. The lowest BCUT2D eigenvalue weighted by molar-refractivity contribution is 0.672. The molecule has 0 unspecified atom stereocenters. The van der Waals surface area contributed by atoms with Crippen molar-refractivity contribution in [3.05, 3.63) is 158 Å². The summed E-state index contributed by atoms with van der Waals surface area (Å²) in [6.07, 6.45) is 0. The number of hydrogen-bond donors (Lipinski definition) is 0. The number of hydrogen-bond acceptors (Lipinski definition) is 3. The fourth-order valence-electron chi connectivity index (χ4n) is 6.41. The van der Waals surface area contributed by atoms with Crippen molar-refractivity contribution in [3.63, 3.8) is 0 Å². The van der Waals surface area contributed by atoms with E-state index in [1.807, 2.05) is 30.3 Å². The molecule has 45 heavy (non-hydrogen) atoms. The Morgan fingerprint density at radius 2 is 1.02 bits per heavy atom. The Bertz CT molecular complexity index is 2530. The summed E-state index contributed by atoms with van der Waals surface area (Å²) in [6, 6.07) is 55.0. The monoisotopic (exact) mass is 574 g/mol. The summed E-state index contributed by atoms with van der Waals surface area (Å²) in [5.74, 6) is 0.709. The van der Waals surface area contributed by atoms with Crippen LogP contribution in [0.2, 0.25) is 0 Å². The van der Waals surface area contributed by atoms with Crippen LogP contribution in [0.25, 0.3) is 88.5 Å². The zero-order valence-electron chi connectivity index (χ0n) is 24.3. The quantitative estimate of drug-likeness (QED) is 0.210. The van der Waals surface area contributed by atoms with Gasteiger partial charge in [0, 0.05) is 32.7 Å². The normalized spacial score (nSPS) is 11.6. The Morgan fingerprint density at radius 3 is 1.87 bits per heavy atom. The van der Waals surface area contributed by atoms with Crippen molar-refractivity contribution in [1.82, 2.24) is 9.97 Å². The van der Waals surface area contributed by atoms with Crippen molar-refractivity contribution in [2.75, 3.05) is 0 Å². The van der Waals surface area contributed by atoms with E-state index >= 15 is 0 Å². The fourth-order valence-corrected chi connectivity index (χ4v) is 6.41. The Kier molecular flexibility index (Phi) is 5.82. The van der Waals surface area contributed by atoms with Crippen LogP contribution < -0.4 is 0 Å². The topological polar surface area (TPSA) is 38.9 Å². The van der Waals surface area contributed by atoms with Gasteiger partial charge >= 0.3 is 0 Å². The number of rotatable bonds is 4. The van der Waals surface area contributed by atoms with Gasteiger partial charge in [0.1, 0.15) is 11.2 Å². The number of para-hydroxylation sites is 2. The van der Waals surface area contributed by atoms with Gasteiger partial charge in [-0.1, -0.05) is 121 Å². The van der Waals surface area contributed by atoms with E-state index < -0.39 is 0 Å². The van der Waals surface area contributed by atoms with Gasteiger partial charge in [-0.05, 0) is 64.0 Å². The number of benzene rings is 7. The predicted molar refractivity (Wildman–Crippen MR) is 186 cm³/mol. The van der Waals surface area contributed by atoms with Crippen LogP contribution in [0.4, 0.5) is 0 Å². The molecule has 7 aromatic carbocycles. The molecule has 9 aromatic rings. The lowest BCUT2D eigenvalue weighted by atomic mass is 9.98. The highest BCUT2D eigenvalue weighted by Gasteiger charge is 2.15. The molecule has 9 rings (SSSR count). The van der Waals surface area contributed by atoms with Gasteiger partial charge in [-0.3, -0.25) is 0 Å². The minimum Gasteiger partial charge on any atom is -0.455 e. The average molecular weight is 575 g/mol. The van der Waals surface area contributed by atoms with Crippen molar-refractivity contribution < 1.29 is 4.42 Å². The molecular weight excluding hydrogens is 548 g/mol. The zero-order valence-corrected chi connectivity index (χ0v) is 24.3. The second-order valence-electron chi connectivity index (χ2n) is 11.4. The molecule has 2 heterocycles. The molecule has 3 heteroatoms. The largest absolute Gasteiger partial charge is 0.455 e. The van der Waals surface area contributed by atoms with Crippen LogP contribution in [-0.4, -0.2) is 9.97 Å². The SMILES string of the molecule is c1ccc(-c2cccc(-c3ccc(-c4nc(-c5ccc6c(ccc7c8ccccc8oc67)c5)c5ccccc5n4)cc3)c2)cc1. The van der Waals surface area contributed by atoms with Gasteiger partial charge in [-0.15, -0.1) is 0 Å². The number of fused-ring (bicyclic) bond motifs is 6. The van der Waals surface area contributed by atoms with Gasteiger partial charge in [0.25, 0.3) is 0 Å². The van der Waals surface area contributed by atoms with Crippen molar-refractivity contribution in [2.24, 2.45) is 0 Å². The van der Waals surface area contributed by atoms with E-state index in [1.165, 1.54) is 16.7 Å². The fraction of sp³-hybridized carbons (Fsp3) is 0. The van der Waals surface area contributed by atoms with Crippen LogP contribution in [0.3, 0.4) is 0 Å². The molecule has 210 valence electrons. The van der Waals surface area contributed by atoms with E-state index in [1.54, 1.807) is 0 Å². The molecule has 0 amide bonds. The Hall–Kier alpha value is -6.06. The molecule has 0 bridgehead atoms. The van der Waals surface area contributed by atoms with Crippen LogP contribution in [0.15, 0.2) is 162 Å². The predicted octanol–water partition coefficient (Wildman–Crippen LogP) is 11.4. The molecule has 0 saturated carbocycles. The highest BCUT2D eigenvalue weighted by Crippen LogP contribution is 2.37. The van der Waals surface area contributed by atoms with E-state index in [0.29, 0.717) is 5.82 Å². The third kappa shape index (κ3) is 4.37. The minimum absolute atomic E-state index is 0.709. The number of nitrogens with zero attached hydrogens (tertiary/aromatic N) is 2. The van der Waals surface area contributed by atoms with E-state index in [0.717, 1.165) is 66.0 Å². The van der Waals surface area contributed by atoms with Crippen molar-refractivity contribution in [3.8, 4) is 44.9 Å². The smallest absolute Gasteiger partial charge is 0.160 e. The summed E-state index contributed by atoms with van der Waals surface area (Å²) in [5, 5.41) is 5.51. The average Bonchev–Trinajstić information content (AvgIpc) is 3.51. The molecular formula is C42H26N2O. The minimum atomic E-state index is 0.709. The maximum absolute atomic E-state index is 6.30. The molecule has 0 aliphatic heterocycles. The van der Waals surface area contributed by atoms with E-state index in [2.05, 4.69) is 127 Å². The van der Waals surface area contributed by atoms with Gasteiger partial charge in [0.05, 0.1) is 11.2 Å². The third-order valence-electron chi connectivity index (χ3n) is 8.68. The first-order valence-electron chi connectivity index (χ1n) is 15.2. The Labute approximate surface area is 260 Å². The first kappa shape index (κ1) is 25.4. The molecule has 0 aliphatic carbocycles. The van der Waals surface area contributed by atoms with E-state index in [4.69, 9.17) is 14.4 Å². The summed E-state index contributed by atoms with van der Waals surface area (Å²) in [7, 11) is 0. The summed E-state index contributed by atoms with van der Waals surface area (Å²) in [6.45, 7) is 0. The molecule has 3 nitrogen and oxygen atoms in total. The van der Waals surface area contributed by atoms with Crippen LogP contribution >= 0.6 is 0 Å². The van der Waals surface area contributed by atoms with Crippen LogP contribution in [-0.2, 0) is 0 Å². The van der Waals surface area contributed by atoms with Gasteiger partial charge in [0.2, 0.25) is 0 Å². The third-order valence-corrected chi connectivity index (χ3v) is 8.68. The summed E-state index contributed by atoms with van der Waals surface area (Å²) in [4.78, 5) is 10.2. The Balaban J connectivity index is 1.12. The molecule has 0 aliphatic rings. The molecule has 0 fully saturated rings. The first-order valence-corrected chi connectivity index (χ1v) is 15.2. The van der Waals surface area contributed by atoms with Crippen LogP contribution in [0.1, 0.15) is 0 Å². The second-order valence-corrected chi connectivity index (χ2v) is 11.4.